The van der Waals surface area contributed by atoms with Crippen LogP contribution in [-0.2, 0) is 20.0 Å². The molecule has 3 atom stereocenters. The second-order valence-electron chi connectivity index (χ2n) is 11.2. The fraction of sp³-hybridized carbons (Fsp3) is 0.184. The molecule has 15 heteroatoms. The summed E-state index contributed by atoms with van der Waals surface area (Å²) >= 11 is -2.22. The minimum absolute atomic E-state index is 0. The Hall–Kier alpha value is -3.07. The third kappa shape index (κ3) is 16.5. The summed E-state index contributed by atoms with van der Waals surface area (Å²) in [5.41, 5.74) is 9.83. The SMILES string of the molecule is C.C.C1=CCC=C1.NS(=O)(=O)c1ccc2c(c1)C1C=CCC1C(c1ccccc1)N2.Nc1ccc(S(N)(=O)=O)cc1.O=Cc1ccccc1.[Cl][In]([Cl])[Cl]. The number of nitrogens with two attached hydrogens (primary N) is 3. The van der Waals surface area contributed by atoms with Crippen LogP contribution >= 0.6 is 25.7 Å². The summed E-state index contributed by atoms with van der Waals surface area (Å²) in [5, 5.41) is 13.7. The maximum atomic E-state index is 11.6. The van der Waals surface area contributed by atoms with Crippen molar-refractivity contribution in [1.29, 1.82) is 0 Å². The molecule has 284 valence electrons. The van der Waals surface area contributed by atoms with Crippen LogP contribution in [0.1, 0.15) is 61.1 Å². The summed E-state index contributed by atoms with van der Waals surface area (Å²) in [6.07, 6.45) is 15.7. The van der Waals surface area contributed by atoms with Crippen LogP contribution in [0.2, 0.25) is 0 Å². The predicted octanol–water partition coefficient (Wildman–Crippen LogP) is 9.04. The topological polar surface area (TPSA) is 175 Å². The number of rotatable bonds is 4. The molecule has 3 unspecified atom stereocenters. The first-order chi connectivity index (χ1) is 24.2. The second-order valence-corrected chi connectivity index (χ2v) is 29.0. The zero-order valence-corrected chi connectivity index (χ0v) is 34.5. The summed E-state index contributed by atoms with van der Waals surface area (Å²) < 4.78 is 44.6. The molecule has 7 N–H and O–H groups in total. The predicted molar refractivity (Wildman–Crippen MR) is 224 cm³/mol. The van der Waals surface area contributed by atoms with E-state index < -0.39 is 37.9 Å². The molecule has 4 aromatic carbocycles. The molecule has 3 aliphatic rings. The van der Waals surface area contributed by atoms with Crippen molar-refractivity contribution in [2.45, 2.75) is 49.4 Å². The molecular weight excluding hydrogens is 878 g/mol. The van der Waals surface area contributed by atoms with Crippen LogP contribution in [0.5, 0.6) is 0 Å². The number of carbonyl (C=O) groups excluding carboxylic acids is 1. The van der Waals surface area contributed by atoms with Crippen molar-refractivity contribution < 1.29 is 21.6 Å². The minimum atomic E-state index is -3.68. The van der Waals surface area contributed by atoms with Gasteiger partial charge in [-0.1, -0.05) is 112 Å². The number of hydrogen-bond donors (Lipinski definition) is 4. The normalized spacial score (nSPS) is 16.9. The fourth-order valence-corrected chi connectivity index (χ4v) is 6.39. The van der Waals surface area contributed by atoms with Crippen LogP contribution in [0.25, 0.3) is 0 Å². The number of aldehydes is 1. The van der Waals surface area contributed by atoms with Crippen LogP contribution in [0.15, 0.2) is 149 Å². The van der Waals surface area contributed by atoms with E-state index in [4.69, 9.17) is 41.7 Å². The van der Waals surface area contributed by atoms with Crippen molar-refractivity contribution in [2.24, 2.45) is 16.2 Å². The van der Waals surface area contributed by atoms with Crippen molar-refractivity contribution in [1.82, 2.24) is 0 Å². The first kappa shape index (κ1) is 48.0. The van der Waals surface area contributed by atoms with E-state index in [9.17, 15) is 21.6 Å². The van der Waals surface area contributed by atoms with Gasteiger partial charge >= 0.3 is 43.6 Å². The number of sulfonamides is 2. The number of hydrogen-bond acceptors (Lipinski definition) is 7. The van der Waals surface area contributed by atoms with Gasteiger partial charge in [-0.05, 0) is 72.4 Å². The molecule has 0 saturated heterocycles. The summed E-state index contributed by atoms with van der Waals surface area (Å²) in [6, 6.07) is 30.5. The number of fused-ring (bicyclic) bond motifs is 3. The average molecular weight is 924 g/mol. The molecule has 0 spiro atoms. The number of allylic oxidation sites excluding steroid dienone is 6. The number of primary sulfonamides is 2. The molecule has 7 rings (SSSR count). The van der Waals surface area contributed by atoms with E-state index >= 15 is 0 Å². The Morgan fingerprint density at radius 3 is 1.68 bits per heavy atom. The number of nitrogens with one attached hydrogen (secondary N) is 1. The van der Waals surface area contributed by atoms with Crippen LogP contribution in [-0.4, -0.2) is 41.0 Å². The summed E-state index contributed by atoms with van der Waals surface area (Å²) in [7, 11) is 7.79. The zero-order chi connectivity index (χ0) is 37.4. The number of carbonyl (C=O) groups is 1. The van der Waals surface area contributed by atoms with Gasteiger partial charge in [-0.25, -0.2) is 27.1 Å². The van der Waals surface area contributed by atoms with E-state index in [1.807, 2.05) is 42.5 Å². The van der Waals surface area contributed by atoms with Gasteiger partial charge in [0.05, 0.1) is 15.8 Å². The first-order valence-corrected chi connectivity index (χ1v) is 31.1. The van der Waals surface area contributed by atoms with Gasteiger partial charge in [0, 0.05) is 22.9 Å². The molecule has 4 aromatic rings. The van der Waals surface area contributed by atoms with Gasteiger partial charge < -0.3 is 11.1 Å². The average Bonchev–Trinajstić information content (AvgIpc) is 3.85. The molecule has 0 bridgehead atoms. The van der Waals surface area contributed by atoms with Gasteiger partial charge in [-0.2, -0.15) is 0 Å². The summed E-state index contributed by atoms with van der Waals surface area (Å²) in [5.74, 6) is 0.610. The fourth-order valence-electron chi connectivity index (χ4n) is 5.32. The Morgan fingerprint density at radius 2 is 1.23 bits per heavy atom. The Morgan fingerprint density at radius 1 is 0.717 bits per heavy atom. The van der Waals surface area contributed by atoms with Crippen molar-refractivity contribution in [2.75, 3.05) is 11.1 Å². The maximum absolute atomic E-state index is 11.6. The molecular formula is C38H46Cl3InN4O5S2. The Labute approximate surface area is 333 Å². The van der Waals surface area contributed by atoms with Crippen LogP contribution in [0.3, 0.4) is 0 Å². The molecule has 1 heterocycles. The Balaban J connectivity index is 0.000000390. The molecule has 0 aromatic heterocycles. The van der Waals surface area contributed by atoms with Crippen molar-refractivity contribution >= 4 is 81.3 Å². The molecule has 0 saturated carbocycles. The molecule has 0 radical (unpaired) electrons. The number of nitrogen functional groups attached to an aromatic ring is 1. The number of anilines is 2. The third-order valence-corrected chi connectivity index (χ3v) is 9.46. The standard InChI is InChI=1S/C18H18N2O2S.C7H6O.C6H8N2O2S.C5H6.2CH4.3ClH.In/c19-23(21,22)13-9-10-17-16(11-13)14-7-4-8-15(14)18(20-17)12-5-2-1-3-6-12;8-6-7-4-2-1-3-5-7;7-5-1-3-6(4-2-5)11(8,9)10;1-2-4-5-3-1;;;;;;/h1-7,9-11,14-15,18,20H,8H2,(H2,19,21,22);1-6H;1-4H,7H2,(H2,8,9,10);1-4H,5H2;2*1H4;3*1H;/q;;;;;;;;;+3/p-3. The molecule has 53 heavy (non-hydrogen) atoms. The molecule has 1 aliphatic heterocycles. The summed E-state index contributed by atoms with van der Waals surface area (Å²) in [6.45, 7) is 0. The van der Waals surface area contributed by atoms with Crippen molar-refractivity contribution in [3.05, 3.63) is 156 Å². The van der Waals surface area contributed by atoms with E-state index in [2.05, 4.69) is 53.9 Å². The summed E-state index contributed by atoms with van der Waals surface area (Å²) in [4.78, 5) is 10.3. The van der Waals surface area contributed by atoms with E-state index in [0.29, 0.717) is 11.6 Å². The van der Waals surface area contributed by atoms with Crippen LogP contribution in [0, 0.1) is 5.92 Å². The zero-order valence-electron chi connectivity index (χ0n) is 27.3. The Bertz CT molecular complexity index is 2010. The van der Waals surface area contributed by atoms with E-state index in [1.165, 1.54) is 29.8 Å². The van der Waals surface area contributed by atoms with Gasteiger partial charge in [-0.3, -0.25) is 4.79 Å². The van der Waals surface area contributed by atoms with Crippen molar-refractivity contribution in [3.63, 3.8) is 0 Å². The van der Waals surface area contributed by atoms with Gasteiger partial charge in [-0.15, -0.1) is 0 Å². The monoisotopic (exact) mass is 922 g/mol. The van der Waals surface area contributed by atoms with Gasteiger partial charge in [0.25, 0.3) is 0 Å². The van der Waals surface area contributed by atoms with E-state index in [0.717, 1.165) is 35.9 Å². The quantitative estimate of drug-likeness (QED) is 0.0897. The molecule has 0 fully saturated rings. The molecule has 0 amide bonds. The number of halogens is 3. The molecule has 2 aliphatic carbocycles. The van der Waals surface area contributed by atoms with E-state index in [1.54, 1.807) is 24.3 Å². The Kier molecular flexibility index (Phi) is 21.4. The third-order valence-electron chi connectivity index (χ3n) is 7.62. The van der Waals surface area contributed by atoms with Crippen molar-refractivity contribution in [3.8, 4) is 0 Å². The second kappa shape index (κ2) is 23.7. The van der Waals surface area contributed by atoms with Crippen LogP contribution < -0.4 is 21.3 Å². The van der Waals surface area contributed by atoms with Gasteiger partial charge in [0.15, 0.2) is 0 Å². The number of benzene rings is 4. The first-order valence-electron chi connectivity index (χ1n) is 15.5. The van der Waals surface area contributed by atoms with E-state index in [-0.39, 0.29) is 36.6 Å². The van der Waals surface area contributed by atoms with Gasteiger partial charge in [0.1, 0.15) is 6.29 Å². The van der Waals surface area contributed by atoms with Crippen LogP contribution in [0.4, 0.5) is 11.4 Å². The van der Waals surface area contributed by atoms with Gasteiger partial charge in [0.2, 0.25) is 20.0 Å². The molecule has 9 nitrogen and oxygen atoms in total.